The van der Waals surface area contributed by atoms with Crippen LogP contribution in [0.25, 0.3) is 0 Å². The standard InChI is InChI=1S/C28H30ClN3O4/c1-28(2,36-25-14-6-21(29)7-15-25)27(34)30-22-8-10-23(11-9-22)31-16-18-32(19-17-31)26(33)20-4-12-24(35-3)13-5-20/h4-15H,16-19H2,1-3H3,(H,30,34). The first-order valence-corrected chi connectivity index (χ1v) is 12.2. The molecule has 3 aromatic carbocycles. The maximum absolute atomic E-state index is 12.8. The van der Waals surface area contributed by atoms with Crippen molar-refractivity contribution >= 4 is 34.8 Å². The molecule has 188 valence electrons. The van der Waals surface area contributed by atoms with Crippen LogP contribution in [-0.2, 0) is 4.79 Å². The Labute approximate surface area is 216 Å². The second-order valence-corrected chi connectivity index (χ2v) is 9.51. The predicted octanol–water partition coefficient (Wildman–Crippen LogP) is 5.11. The minimum Gasteiger partial charge on any atom is -0.497 e. The van der Waals surface area contributed by atoms with Gasteiger partial charge in [-0.25, -0.2) is 0 Å². The number of piperazine rings is 1. The number of carbonyl (C=O) groups is 2. The highest BCUT2D eigenvalue weighted by molar-refractivity contribution is 6.30. The number of halogens is 1. The summed E-state index contributed by atoms with van der Waals surface area (Å²) in [5.41, 5.74) is 1.32. The molecule has 1 aliphatic heterocycles. The van der Waals surface area contributed by atoms with Crippen LogP contribution in [0.3, 0.4) is 0 Å². The van der Waals surface area contributed by atoms with Crippen LogP contribution >= 0.6 is 11.6 Å². The van der Waals surface area contributed by atoms with E-state index in [4.69, 9.17) is 21.1 Å². The van der Waals surface area contributed by atoms with E-state index < -0.39 is 5.60 Å². The van der Waals surface area contributed by atoms with Crippen LogP contribution in [0, 0.1) is 0 Å². The van der Waals surface area contributed by atoms with Gasteiger partial charge in [-0.2, -0.15) is 0 Å². The molecule has 0 aliphatic carbocycles. The quantitative estimate of drug-likeness (QED) is 0.481. The van der Waals surface area contributed by atoms with E-state index in [9.17, 15) is 9.59 Å². The van der Waals surface area contributed by atoms with E-state index >= 15 is 0 Å². The van der Waals surface area contributed by atoms with Crippen molar-refractivity contribution in [1.29, 1.82) is 0 Å². The fourth-order valence-electron chi connectivity index (χ4n) is 3.96. The van der Waals surface area contributed by atoms with Crippen molar-refractivity contribution in [3.8, 4) is 11.5 Å². The summed E-state index contributed by atoms with van der Waals surface area (Å²) >= 11 is 5.92. The molecule has 4 rings (SSSR count). The normalized spacial score (nSPS) is 13.8. The Balaban J connectivity index is 1.30. The van der Waals surface area contributed by atoms with E-state index in [0.29, 0.717) is 35.1 Å². The summed E-state index contributed by atoms with van der Waals surface area (Å²) in [5.74, 6) is 1.07. The summed E-state index contributed by atoms with van der Waals surface area (Å²) in [5, 5.41) is 3.53. The molecule has 8 heteroatoms. The molecule has 36 heavy (non-hydrogen) atoms. The third-order valence-electron chi connectivity index (χ3n) is 6.13. The highest BCUT2D eigenvalue weighted by Gasteiger charge is 2.30. The van der Waals surface area contributed by atoms with Gasteiger partial charge in [0.05, 0.1) is 7.11 Å². The monoisotopic (exact) mass is 507 g/mol. The average Bonchev–Trinajstić information content (AvgIpc) is 2.90. The lowest BCUT2D eigenvalue weighted by Crippen LogP contribution is -2.48. The number of hydrogen-bond acceptors (Lipinski definition) is 5. The molecule has 1 fully saturated rings. The third kappa shape index (κ3) is 6.10. The van der Waals surface area contributed by atoms with Crippen molar-refractivity contribution in [2.75, 3.05) is 43.5 Å². The largest absolute Gasteiger partial charge is 0.497 e. The Morgan fingerprint density at radius 1 is 0.833 bits per heavy atom. The Morgan fingerprint density at radius 3 is 2.00 bits per heavy atom. The number of rotatable bonds is 7. The number of ether oxygens (including phenoxy) is 2. The SMILES string of the molecule is COc1ccc(C(=O)N2CCN(c3ccc(NC(=O)C(C)(C)Oc4ccc(Cl)cc4)cc3)CC2)cc1. The number of nitrogens with zero attached hydrogens (tertiary/aromatic N) is 2. The lowest BCUT2D eigenvalue weighted by Gasteiger charge is -2.36. The zero-order valence-electron chi connectivity index (χ0n) is 20.7. The molecule has 0 atom stereocenters. The van der Waals surface area contributed by atoms with Gasteiger partial charge in [0.15, 0.2) is 5.60 Å². The molecule has 1 N–H and O–H groups in total. The van der Waals surface area contributed by atoms with Gasteiger partial charge in [-0.05, 0) is 86.6 Å². The van der Waals surface area contributed by atoms with Gasteiger partial charge < -0.3 is 24.6 Å². The van der Waals surface area contributed by atoms with Gasteiger partial charge in [0, 0.05) is 48.1 Å². The number of benzene rings is 3. The number of carbonyl (C=O) groups excluding carboxylic acids is 2. The van der Waals surface area contributed by atoms with Crippen molar-refractivity contribution in [1.82, 2.24) is 4.90 Å². The van der Waals surface area contributed by atoms with E-state index in [1.165, 1.54) is 0 Å². The lowest BCUT2D eigenvalue weighted by molar-refractivity contribution is -0.128. The molecule has 1 aliphatic rings. The summed E-state index contributed by atoms with van der Waals surface area (Å²) < 4.78 is 11.0. The summed E-state index contributed by atoms with van der Waals surface area (Å²) in [6.45, 7) is 6.18. The number of anilines is 2. The van der Waals surface area contributed by atoms with Crippen LogP contribution in [0.15, 0.2) is 72.8 Å². The number of hydrogen-bond donors (Lipinski definition) is 1. The molecule has 0 radical (unpaired) electrons. The smallest absolute Gasteiger partial charge is 0.267 e. The minimum atomic E-state index is -1.07. The topological polar surface area (TPSA) is 71.1 Å². The molecule has 1 saturated heterocycles. The molecular formula is C28H30ClN3O4. The van der Waals surface area contributed by atoms with Crippen LogP contribution in [0.4, 0.5) is 11.4 Å². The van der Waals surface area contributed by atoms with E-state index in [0.717, 1.165) is 24.5 Å². The maximum Gasteiger partial charge on any atom is 0.267 e. The van der Waals surface area contributed by atoms with E-state index in [1.807, 2.05) is 29.2 Å². The van der Waals surface area contributed by atoms with E-state index in [1.54, 1.807) is 69.5 Å². The van der Waals surface area contributed by atoms with Gasteiger partial charge in [0.2, 0.25) is 0 Å². The van der Waals surface area contributed by atoms with Gasteiger partial charge in [-0.15, -0.1) is 0 Å². The van der Waals surface area contributed by atoms with Crippen molar-refractivity contribution in [2.24, 2.45) is 0 Å². The van der Waals surface area contributed by atoms with Crippen LogP contribution in [-0.4, -0.2) is 55.6 Å². The summed E-state index contributed by atoms with van der Waals surface area (Å²) in [6.07, 6.45) is 0. The Hall–Kier alpha value is -3.71. The first-order chi connectivity index (χ1) is 17.2. The fourth-order valence-corrected chi connectivity index (χ4v) is 4.09. The molecule has 7 nitrogen and oxygen atoms in total. The second-order valence-electron chi connectivity index (χ2n) is 9.08. The minimum absolute atomic E-state index is 0.0267. The number of methoxy groups -OCH3 is 1. The maximum atomic E-state index is 12.8. The predicted molar refractivity (Wildman–Crippen MR) is 142 cm³/mol. The van der Waals surface area contributed by atoms with Gasteiger partial charge in [-0.3, -0.25) is 9.59 Å². The molecular weight excluding hydrogens is 478 g/mol. The molecule has 3 aromatic rings. The van der Waals surface area contributed by atoms with Crippen molar-refractivity contribution < 1.29 is 19.1 Å². The van der Waals surface area contributed by atoms with E-state index in [2.05, 4.69) is 10.2 Å². The van der Waals surface area contributed by atoms with Gasteiger partial charge >= 0.3 is 0 Å². The van der Waals surface area contributed by atoms with Gasteiger partial charge in [0.25, 0.3) is 11.8 Å². The molecule has 0 saturated carbocycles. The van der Waals surface area contributed by atoms with Gasteiger partial charge in [-0.1, -0.05) is 11.6 Å². The number of nitrogens with one attached hydrogen (secondary N) is 1. The lowest BCUT2D eigenvalue weighted by atomic mass is 10.1. The van der Waals surface area contributed by atoms with E-state index in [-0.39, 0.29) is 11.8 Å². The second kappa shape index (κ2) is 10.9. The van der Waals surface area contributed by atoms with Crippen LogP contribution in [0.1, 0.15) is 24.2 Å². The average molecular weight is 508 g/mol. The van der Waals surface area contributed by atoms with Crippen LogP contribution in [0.5, 0.6) is 11.5 Å². The van der Waals surface area contributed by atoms with Gasteiger partial charge in [0.1, 0.15) is 11.5 Å². The summed E-state index contributed by atoms with van der Waals surface area (Å²) in [7, 11) is 1.61. The van der Waals surface area contributed by atoms with Crippen molar-refractivity contribution in [3.63, 3.8) is 0 Å². The molecule has 0 aromatic heterocycles. The zero-order chi connectivity index (χ0) is 25.7. The Kier molecular flexibility index (Phi) is 7.70. The molecule has 0 unspecified atom stereocenters. The summed E-state index contributed by atoms with van der Waals surface area (Å²) in [4.78, 5) is 29.7. The number of amides is 2. The first-order valence-electron chi connectivity index (χ1n) is 11.8. The summed E-state index contributed by atoms with van der Waals surface area (Å²) in [6, 6.07) is 21.8. The highest BCUT2D eigenvalue weighted by atomic mass is 35.5. The highest BCUT2D eigenvalue weighted by Crippen LogP contribution is 2.24. The zero-order valence-corrected chi connectivity index (χ0v) is 21.4. The molecule has 1 heterocycles. The Bertz CT molecular complexity index is 1190. The first kappa shape index (κ1) is 25.4. The van der Waals surface area contributed by atoms with Crippen molar-refractivity contribution in [3.05, 3.63) is 83.4 Å². The van der Waals surface area contributed by atoms with Crippen molar-refractivity contribution in [2.45, 2.75) is 19.4 Å². The molecule has 0 spiro atoms. The Morgan fingerprint density at radius 2 is 1.42 bits per heavy atom. The van der Waals surface area contributed by atoms with Crippen LogP contribution in [0.2, 0.25) is 5.02 Å². The third-order valence-corrected chi connectivity index (χ3v) is 6.38. The molecule has 0 bridgehead atoms. The van der Waals surface area contributed by atoms with Crippen LogP contribution < -0.4 is 19.7 Å². The fraction of sp³-hybridized carbons (Fsp3) is 0.286. The molecule has 2 amide bonds.